The monoisotopic (exact) mass is 214 g/mol. The maximum Gasteiger partial charge on any atom is 0.306 e. The zero-order valence-electron chi connectivity index (χ0n) is 6.75. The number of esters is 1. The Labute approximate surface area is 76.8 Å². The highest BCUT2D eigenvalue weighted by molar-refractivity contribution is 7.91. The molecule has 0 rings (SSSR count). The standard InChI is InChI=1S/C6H11ClO4S/c1-11-6(8)2-4-12(9,10)5-3-7/h2-5H2,1H3. The molecule has 0 heterocycles. The number of rotatable bonds is 5. The molecule has 0 aromatic heterocycles. The van der Waals surface area contributed by atoms with Crippen LogP contribution in [0.1, 0.15) is 6.42 Å². The van der Waals surface area contributed by atoms with E-state index in [1.165, 1.54) is 7.11 Å². The number of halogens is 1. The van der Waals surface area contributed by atoms with E-state index in [9.17, 15) is 13.2 Å². The van der Waals surface area contributed by atoms with Crippen molar-refractivity contribution in [3.05, 3.63) is 0 Å². The molecule has 0 aliphatic rings. The first-order valence-corrected chi connectivity index (χ1v) is 5.70. The van der Waals surface area contributed by atoms with Gasteiger partial charge in [0.15, 0.2) is 9.84 Å². The first kappa shape index (κ1) is 11.7. The van der Waals surface area contributed by atoms with Crippen molar-refractivity contribution in [3.63, 3.8) is 0 Å². The van der Waals surface area contributed by atoms with E-state index < -0.39 is 15.8 Å². The van der Waals surface area contributed by atoms with Crippen LogP contribution in [0.4, 0.5) is 0 Å². The Morgan fingerprint density at radius 1 is 1.42 bits per heavy atom. The predicted molar refractivity (Wildman–Crippen MR) is 46.0 cm³/mol. The lowest BCUT2D eigenvalue weighted by Gasteiger charge is -2.00. The van der Waals surface area contributed by atoms with Crippen LogP contribution < -0.4 is 0 Å². The van der Waals surface area contributed by atoms with Gasteiger partial charge in [-0.05, 0) is 0 Å². The van der Waals surface area contributed by atoms with E-state index in [0.29, 0.717) is 0 Å². The third-order valence-corrected chi connectivity index (χ3v) is 3.30. The molecule has 0 radical (unpaired) electrons. The fourth-order valence-electron chi connectivity index (χ4n) is 0.561. The van der Waals surface area contributed by atoms with Gasteiger partial charge in [-0.25, -0.2) is 8.42 Å². The van der Waals surface area contributed by atoms with Gasteiger partial charge in [-0.2, -0.15) is 0 Å². The minimum atomic E-state index is -3.17. The molecular formula is C6H11ClO4S. The molecule has 0 atom stereocenters. The zero-order valence-corrected chi connectivity index (χ0v) is 8.32. The van der Waals surface area contributed by atoms with Gasteiger partial charge in [-0.15, -0.1) is 11.6 Å². The SMILES string of the molecule is COC(=O)CCS(=O)(=O)CCCl. The summed E-state index contributed by atoms with van der Waals surface area (Å²) in [5, 5.41) is 0. The third kappa shape index (κ3) is 5.37. The first-order valence-electron chi connectivity index (χ1n) is 3.35. The number of carbonyl (C=O) groups excluding carboxylic acids is 1. The second-order valence-electron chi connectivity index (χ2n) is 2.17. The minimum absolute atomic E-state index is 0.0590. The van der Waals surface area contributed by atoms with E-state index in [-0.39, 0.29) is 23.8 Å². The average molecular weight is 215 g/mol. The van der Waals surface area contributed by atoms with Crippen LogP contribution in [0.25, 0.3) is 0 Å². The zero-order chi connectivity index (χ0) is 9.61. The highest BCUT2D eigenvalue weighted by atomic mass is 35.5. The molecule has 6 heteroatoms. The van der Waals surface area contributed by atoms with Gasteiger partial charge in [-0.3, -0.25) is 4.79 Å². The normalized spacial score (nSPS) is 11.2. The van der Waals surface area contributed by atoms with Crippen molar-refractivity contribution in [1.29, 1.82) is 0 Å². The molecule has 0 amide bonds. The van der Waals surface area contributed by atoms with Crippen LogP contribution in [0, 0.1) is 0 Å². The molecule has 0 bridgehead atoms. The number of carbonyl (C=O) groups is 1. The Morgan fingerprint density at radius 3 is 2.42 bits per heavy atom. The first-order chi connectivity index (χ1) is 5.52. The Balaban J connectivity index is 3.84. The van der Waals surface area contributed by atoms with Crippen molar-refractivity contribution >= 4 is 27.4 Å². The van der Waals surface area contributed by atoms with Crippen molar-refractivity contribution < 1.29 is 17.9 Å². The number of alkyl halides is 1. The Bertz CT molecular complexity index is 234. The van der Waals surface area contributed by atoms with Crippen molar-refractivity contribution in [2.24, 2.45) is 0 Å². The lowest BCUT2D eigenvalue weighted by molar-refractivity contribution is -0.140. The fourth-order valence-corrected chi connectivity index (χ4v) is 2.18. The Hall–Kier alpha value is -0.290. The van der Waals surface area contributed by atoms with Crippen molar-refractivity contribution in [2.75, 3.05) is 24.5 Å². The van der Waals surface area contributed by atoms with Crippen LogP contribution in [0.15, 0.2) is 0 Å². The number of methoxy groups -OCH3 is 1. The van der Waals surface area contributed by atoms with E-state index in [1.807, 2.05) is 0 Å². The van der Waals surface area contributed by atoms with E-state index >= 15 is 0 Å². The van der Waals surface area contributed by atoms with Crippen LogP contribution in [-0.4, -0.2) is 38.9 Å². The summed E-state index contributed by atoms with van der Waals surface area (Å²) in [5.74, 6) is -0.741. The van der Waals surface area contributed by atoms with Gasteiger partial charge in [0.25, 0.3) is 0 Å². The number of ether oxygens (including phenoxy) is 1. The summed E-state index contributed by atoms with van der Waals surface area (Å²) in [6.07, 6.45) is -0.101. The van der Waals surface area contributed by atoms with Gasteiger partial charge in [-0.1, -0.05) is 0 Å². The average Bonchev–Trinajstić information content (AvgIpc) is 2.00. The number of hydrogen-bond acceptors (Lipinski definition) is 4. The molecule has 0 spiro atoms. The Kier molecular flexibility index (Phi) is 5.24. The summed E-state index contributed by atoms with van der Waals surface area (Å²) in [4.78, 5) is 10.5. The molecule has 0 aliphatic carbocycles. The van der Waals surface area contributed by atoms with Gasteiger partial charge in [0.05, 0.1) is 25.0 Å². The lowest BCUT2D eigenvalue weighted by atomic mass is 10.5. The topological polar surface area (TPSA) is 60.4 Å². The van der Waals surface area contributed by atoms with E-state index in [2.05, 4.69) is 4.74 Å². The maximum absolute atomic E-state index is 11.0. The molecule has 0 saturated carbocycles. The van der Waals surface area contributed by atoms with Crippen molar-refractivity contribution in [2.45, 2.75) is 6.42 Å². The molecule has 0 fully saturated rings. The van der Waals surface area contributed by atoms with E-state index in [4.69, 9.17) is 11.6 Å². The van der Waals surface area contributed by atoms with Gasteiger partial charge >= 0.3 is 5.97 Å². The van der Waals surface area contributed by atoms with Gasteiger partial charge in [0, 0.05) is 5.88 Å². The second kappa shape index (κ2) is 5.37. The summed E-state index contributed by atoms with van der Waals surface area (Å²) < 4.78 is 26.2. The number of sulfone groups is 1. The third-order valence-electron chi connectivity index (χ3n) is 1.23. The molecule has 0 aromatic rings. The summed E-state index contributed by atoms with van der Waals surface area (Å²) in [6.45, 7) is 0. The molecule has 4 nitrogen and oxygen atoms in total. The highest BCUT2D eigenvalue weighted by Gasteiger charge is 2.12. The van der Waals surface area contributed by atoms with Crippen LogP contribution in [-0.2, 0) is 19.4 Å². The quantitative estimate of drug-likeness (QED) is 0.485. The summed E-state index contributed by atoms with van der Waals surface area (Å²) in [6, 6.07) is 0. The molecular weight excluding hydrogens is 204 g/mol. The molecule has 12 heavy (non-hydrogen) atoms. The maximum atomic E-state index is 11.0. The summed E-state index contributed by atoms with van der Waals surface area (Å²) in [7, 11) is -1.95. The lowest BCUT2D eigenvalue weighted by Crippen LogP contribution is -2.15. The fraction of sp³-hybridized carbons (Fsp3) is 0.833. The largest absolute Gasteiger partial charge is 0.469 e. The van der Waals surface area contributed by atoms with Crippen LogP contribution in [0.3, 0.4) is 0 Å². The van der Waals surface area contributed by atoms with Gasteiger partial charge < -0.3 is 4.74 Å². The molecule has 0 saturated heterocycles. The summed E-state index contributed by atoms with van der Waals surface area (Å²) in [5.41, 5.74) is 0. The molecule has 0 aliphatic heterocycles. The smallest absolute Gasteiger partial charge is 0.306 e. The van der Waals surface area contributed by atoms with Gasteiger partial charge in [0.2, 0.25) is 0 Å². The van der Waals surface area contributed by atoms with Gasteiger partial charge in [0.1, 0.15) is 0 Å². The van der Waals surface area contributed by atoms with Crippen LogP contribution in [0.2, 0.25) is 0 Å². The highest BCUT2D eigenvalue weighted by Crippen LogP contribution is 1.96. The Morgan fingerprint density at radius 2 is 2.00 bits per heavy atom. The van der Waals surface area contributed by atoms with Crippen molar-refractivity contribution in [3.8, 4) is 0 Å². The summed E-state index contributed by atoms with van der Waals surface area (Å²) >= 11 is 5.24. The number of hydrogen-bond donors (Lipinski definition) is 0. The second-order valence-corrected chi connectivity index (χ2v) is 4.85. The van der Waals surface area contributed by atoms with Crippen LogP contribution >= 0.6 is 11.6 Å². The predicted octanol–water partition coefficient (Wildman–Crippen LogP) is 0.203. The minimum Gasteiger partial charge on any atom is -0.469 e. The van der Waals surface area contributed by atoms with Crippen LogP contribution in [0.5, 0.6) is 0 Å². The molecule has 0 N–H and O–H groups in total. The molecule has 0 unspecified atom stereocenters. The molecule has 0 aromatic carbocycles. The van der Waals surface area contributed by atoms with E-state index in [0.717, 1.165) is 0 Å². The molecule has 72 valence electrons. The van der Waals surface area contributed by atoms with Crippen molar-refractivity contribution in [1.82, 2.24) is 0 Å². The van der Waals surface area contributed by atoms with E-state index in [1.54, 1.807) is 0 Å².